The van der Waals surface area contributed by atoms with Crippen LogP contribution in [0.15, 0.2) is 18.2 Å². The molecule has 2 unspecified atom stereocenters. The minimum atomic E-state index is 0.433. The van der Waals surface area contributed by atoms with E-state index >= 15 is 0 Å². The molecule has 19 heavy (non-hydrogen) atoms. The maximum atomic E-state index is 6.25. The molecule has 1 heterocycles. The summed E-state index contributed by atoms with van der Waals surface area (Å²) < 4.78 is 2.32. The molecular formula is C14H16Cl2N2S. The van der Waals surface area contributed by atoms with Crippen molar-refractivity contribution in [3.63, 3.8) is 0 Å². The van der Waals surface area contributed by atoms with Crippen LogP contribution in [0.25, 0.3) is 11.0 Å². The number of rotatable bonds is 3. The van der Waals surface area contributed by atoms with Crippen LogP contribution in [0.1, 0.15) is 31.1 Å². The normalized spacial score (nSPS) is 23.3. The summed E-state index contributed by atoms with van der Waals surface area (Å²) in [4.78, 5) is 4.63. The van der Waals surface area contributed by atoms with Crippen LogP contribution >= 0.6 is 35.0 Å². The summed E-state index contributed by atoms with van der Waals surface area (Å²) in [7, 11) is 0. The molecule has 0 radical (unpaired) electrons. The lowest BCUT2D eigenvalue weighted by molar-refractivity contribution is 0.528. The second-order valence-corrected chi connectivity index (χ2v) is 6.66. The van der Waals surface area contributed by atoms with E-state index in [1.807, 2.05) is 23.9 Å². The molecule has 1 aliphatic rings. The maximum Gasteiger partial charge on any atom is 0.125 e. The van der Waals surface area contributed by atoms with Gasteiger partial charge in [-0.05, 0) is 31.2 Å². The fraction of sp³-hybridized carbons (Fsp3) is 0.500. The van der Waals surface area contributed by atoms with E-state index in [9.17, 15) is 0 Å². The lowest BCUT2D eigenvalue weighted by Crippen LogP contribution is -2.17. The van der Waals surface area contributed by atoms with Gasteiger partial charge < -0.3 is 4.57 Å². The molecule has 1 aromatic heterocycles. The number of para-hydroxylation sites is 1. The van der Waals surface area contributed by atoms with Crippen LogP contribution in [0.3, 0.4) is 0 Å². The first-order valence-electron chi connectivity index (χ1n) is 6.50. The summed E-state index contributed by atoms with van der Waals surface area (Å²) in [6, 6.07) is 6.47. The van der Waals surface area contributed by atoms with Crippen molar-refractivity contribution in [2.75, 3.05) is 6.26 Å². The Bertz CT molecular complexity index is 596. The van der Waals surface area contributed by atoms with Gasteiger partial charge in [0.05, 0.1) is 16.4 Å². The van der Waals surface area contributed by atoms with Gasteiger partial charge in [0.15, 0.2) is 0 Å². The Morgan fingerprint density at radius 1 is 1.42 bits per heavy atom. The largest absolute Gasteiger partial charge is 0.323 e. The number of hydrogen-bond donors (Lipinski definition) is 0. The van der Waals surface area contributed by atoms with Gasteiger partial charge in [0.2, 0.25) is 0 Å². The zero-order valence-electron chi connectivity index (χ0n) is 10.8. The van der Waals surface area contributed by atoms with Gasteiger partial charge in [-0.3, -0.25) is 0 Å². The Morgan fingerprint density at radius 2 is 2.26 bits per heavy atom. The average Bonchev–Trinajstić information content (AvgIpc) is 3.01. The fourth-order valence-corrected chi connectivity index (χ4v) is 4.45. The van der Waals surface area contributed by atoms with Crippen molar-refractivity contribution >= 4 is 46.0 Å². The summed E-state index contributed by atoms with van der Waals surface area (Å²) in [6.07, 6.45) is 5.94. The highest BCUT2D eigenvalue weighted by Crippen LogP contribution is 2.40. The SMILES string of the molecule is CSC1CCCC1n1c(CCl)nc2c(Cl)cccc21. The second kappa shape index (κ2) is 5.55. The number of fused-ring (bicyclic) bond motifs is 1. The first kappa shape index (κ1) is 13.6. The first-order valence-corrected chi connectivity index (χ1v) is 8.70. The van der Waals surface area contributed by atoms with Gasteiger partial charge in [-0.15, -0.1) is 11.6 Å². The molecule has 3 rings (SSSR count). The highest BCUT2D eigenvalue weighted by molar-refractivity contribution is 7.99. The van der Waals surface area contributed by atoms with E-state index in [4.69, 9.17) is 23.2 Å². The average molecular weight is 315 g/mol. The molecule has 2 atom stereocenters. The van der Waals surface area contributed by atoms with Gasteiger partial charge >= 0.3 is 0 Å². The van der Waals surface area contributed by atoms with E-state index in [1.165, 1.54) is 19.3 Å². The molecule has 5 heteroatoms. The summed E-state index contributed by atoms with van der Waals surface area (Å²) in [5.41, 5.74) is 2.00. The second-order valence-electron chi connectivity index (χ2n) is 4.91. The molecule has 0 aliphatic heterocycles. The van der Waals surface area contributed by atoms with Crippen molar-refractivity contribution in [1.82, 2.24) is 9.55 Å². The van der Waals surface area contributed by atoms with Gasteiger partial charge in [-0.25, -0.2) is 4.98 Å². The van der Waals surface area contributed by atoms with Crippen molar-refractivity contribution in [3.8, 4) is 0 Å². The fourth-order valence-electron chi connectivity index (χ4n) is 3.07. The smallest absolute Gasteiger partial charge is 0.125 e. The zero-order chi connectivity index (χ0) is 13.4. The standard InChI is InChI=1S/C14H16Cl2N2S/c1-19-12-7-3-5-10(12)18-11-6-2-4-9(16)14(11)17-13(18)8-15/h2,4,6,10,12H,3,5,7-8H2,1H3. The molecule has 1 aliphatic carbocycles. The summed E-state index contributed by atoms with van der Waals surface area (Å²) in [5, 5.41) is 1.36. The number of benzene rings is 1. The number of halogens is 2. The van der Waals surface area contributed by atoms with E-state index in [0.717, 1.165) is 16.9 Å². The van der Waals surface area contributed by atoms with Crippen LogP contribution in [-0.4, -0.2) is 21.1 Å². The van der Waals surface area contributed by atoms with Gasteiger partial charge in [-0.2, -0.15) is 11.8 Å². The highest BCUT2D eigenvalue weighted by Gasteiger charge is 2.31. The molecule has 0 bridgehead atoms. The van der Waals surface area contributed by atoms with Crippen molar-refractivity contribution in [2.45, 2.75) is 36.4 Å². The van der Waals surface area contributed by atoms with Gasteiger partial charge in [0.1, 0.15) is 11.3 Å². The van der Waals surface area contributed by atoms with Crippen LogP contribution in [0.5, 0.6) is 0 Å². The van der Waals surface area contributed by atoms with Gasteiger partial charge in [-0.1, -0.05) is 24.1 Å². The molecule has 1 saturated carbocycles. The third kappa shape index (κ3) is 2.26. The molecule has 0 amide bonds. The van der Waals surface area contributed by atoms with Crippen LogP contribution in [0.2, 0.25) is 5.02 Å². The summed E-state index contributed by atoms with van der Waals surface area (Å²) >= 11 is 14.3. The van der Waals surface area contributed by atoms with E-state index in [-0.39, 0.29) is 0 Å². The van der Waals surface area contributed by atoms with Crippen molar-refractivity contribution in [3.05, 3.63) is 29.0 Å². The third-order valence-corrected chi connectivity index (χ3v) is 5.61. The molecule has 1 fully saturated rings. The van der Waals surface area contributed by atoms with E-state index in [0.29, 0.717) is 22.2 Å². The van der Waals surface area contributed by atoms with Crippen molar-refractivity contribution < 1.29 is 0 Å². The molecule has 0 spiro atoms. The maximum absolute atomic E-state index is 6.25. The quantitative estimate of drug-likeness (QED) is 0.751. The predicted molar refractivity (Wildman–Crippen MR) is 84.5 cm³/mol. The lowest BCUT2D eigenvalue weighted by Gasteiger charge is -2.22. The highest BCUT2D eigenvalue weighted by atomic mass is 35.5. The molecule has 0 saturated heterocycles. The topological polar surface area (TPSA) is 17.8 Å². The monoisotopic (exact) mass is 314 g/mol. The lowest BCUT2D eigenvalue weighted by atomic mass is 10.2. The van der Waals surface area contributed by atoms with Crippen LogP contribution in [0, 0.1) is 0 Å². The van der Waals surface area contributed by atoms with E-state index < -0.39 is 0 Å². The number of aromatic nitrogens is 2. The number of alkyl halides is 1. The summed E-state index contributed by atoms with van der Waals surface area (Å²) in [5.74, 6) is 1.37. The molecule has 1 aromatic carbocycles. The molecule has 0 N–H and O–H groups in total. The van der Waals surface area contributed by atoms with Gasteiger partial charge in [0.25, 0.3) is 0 Å². The predicted octanol–water partition coefficient (Wildman–Crippen LogP) is 4.89. The van der Waals surface area contributed by atoms with Gasteiger partial charge in [0, 0.05) is 11.3 Å². The summed E-state index contributed by atoms with van der Waals surface area (Å²) in [6.45, 7) is 0. The number of imidazole rings is 1. The number of thioether (sulfide) groups is 1. The Morgan fingerprint density at radius 3 is 3.00 bits per heavy atom. The van der Waals surface area contributed by atoms with E-state index in [2.05, 4.69) is 21.9 Å². The Balaban J connectivity index is 2.18. The Hall–Kier alpha value is -0.380. The number of nitrogens with zero attached hydrogens (tertiary/aromatic N) is 2. The third-order valence-electron chi connectivity index (χ3n) is 3.92. The van der Waals surface area contributed by atoms with E-state index in [1.54, 1.807) is 0 Å². The molecule has 2 nitrogen and oxygen atoms in total. The zero-order valence-corrected chi connectivity index (χ0v) is 13.1. The minimum Gasteiger partial charge on any atom is -0.323 e. The Labute approximate surface area is 127 Å². The molecule has 2 aromatic rings. The molecular weight excluding hydrogens is 299 g/mol. The first-order chi connectivity index (χ1) is 9.26. The Kier molecular flexibility index (Phi) is 3.97. The minimum absolute atomic E-state index is 0.433. The molecule has 102 valence electrons. The van der Waals surface area contributed by atoms with Crippen LogP contribution < -0.4 is 0 Å². The van der Waals surface area contributed by atoms with Crippen LogP contribution in [0.4, 0.5) is 0 Å². The van der Waals surface area contributed by atoms with Crippen LogP contribution in [-0.2, 0) is 5.88 Å². The van der Waals surface area contributed by atoms with Crippen molar-refractivity contribution in [1.29, 1.82) is 0 Å². The number of hydrogen-bond acceptors (Lipinski definition) is 2. The van der Waals surface area contributed by atoms with Crippen molar-refractivity contribution in [2.24, 2.45) is 0 Å².